The van der Waals surface area contributed by atoms with E-state index in [0.29, 0.717) is 18.5 Å². The van der Waals surface area contributed by atoms with Crippen molar-refractivity contribution in [3.63, 3.8) is 0 Å². The lowest BCUT2D eigenvalue weighted by Crippen LogP contribution is -2.37. The van der Waals surface area contributed by atoms with Crippen LogP contribution in [0.5, 0.6) is 0 Å². The highest BCUT2D eigenvalue weighted by molar-refractivity contribution is 5.94. The number of amides is 1. The monoisotopic (exact) mass is 313 g/mol. The fourth-order valence-electron chi connectivity index (χ4n) is 2.14. The Bertz CT molecular complexity index is 674. The number of aryl methyl sites for hydroxylation is 1. The number of pyridine rings is 1. The van der Waals surface area contributed by atoms with Crippen LogP contribution < -0.4 is 11.1 Å². The Kier molecular flexibility index (Phi) is 5.82. The van der Waals surface area contributed by atoms with Gasteiger partial charge >= 0.3 is 5.97 Å². The molecule has 2 rings (SSSR count). The van der Waals surface area contributed by atoms with E-state index in [4.69, 9.17) is 10.8 Å². The Morgan fingerprint density at radius 1 is 1.17 bits per heavy atom. The van der Waals surface area contributed by atoms with E-state index < -0.39 is 12.0 Å². The summed E-state index contributed by atoms with van der Waals surface area (Å²) in [7, 11) is 0. The molecule has 6 nitrogen and oxygen atoms in total. The number of aliphatic carboxylic acids is 1. The SMILES string of the molecule is N[C@@H](Cc1ccccc1)C(=O)Nc1cncc(CCC(=O)O)c1. The number of rotatable bonds is 7. The molecule has 0 fully saturated rings. The number of hydrogen-bond acceptors (Lipinski definition) is 4. The first kappa shape index (κ1) is 16.6. The van der Waals surface area contributed by atoms with Crippen molar-refractivity contribution in [1.82, 2.24) is 4.98 Å². The predicted octanol–water partition coefficient (Wildman–Crippen LogP) is 1.61. The first-order valence-corrected chi connectivity index (χ1v) is 7.30. The highest BCUT2D eigenvalue weighted by Gasteiger charge is 2.14. The molecule has 23 heavy (non-hydrogen) atoms. The zero-order valence-electron chi connectivity index (χ0n) is 12.6. The van der Waals surface area contributed by atoms with Gasteiger partial charge in [0.05, 0.1) is 17.9 Å². The quantitative estimate of drug-likeness (QED) is 0.720. The number of nitrogens with zero attached hydrogens (tertiary/aromatic N) is 1. The molecule has 0 spiro atoms. The van der Waals surface area contributed by atoms with Crippen LogP contribution in [0.1, 0.15) is 17.5 Å². The predicted molar refractivity (Wildman–Crippen MR) is 86.9 cm³/mol. The van der Waals surface area contributed by atoms with Crippen LogP contribution >= 0.6 is 0 Å². The molecule has 0 aliphatic rings. The number of nitrogens with one attached hydrogen (secondary N) is 1. The van der Waals surface area contributed by atoms with Crippen molar-refractivity contribution in [2.45, 2.75) is 25.3 Å². The second-order valence-electron chi connectivity index (χ2n) is 5.26. The lowest BCUT2D eigenvalue weighted by Gasteiger charge is -2.12. The molecule has 4 N–H and O–H groups in total. The third-order valence-electron chi connectivity index (χ3n) is 3.33. The third kappa shape index (κ3) is 5.52. The standard InChI is InChI=1S/C17H19N3O3/c18-15(9-12-4-2-1-3-5-12)17(23)20-14-8-13(10-19-11-14)6-7-16(21)22/h1-5,8,10-11,15H,6-7,9,18H2,(H,20,23)(H,21,22)/t15-/m0/s1. The van der Waals surface area contributed by atoms with Gasteiger partial charge in [-0.1, -0.05) is 30.3 Å². The van der Waals surface area contributed by atoms with Gasteiger partial charge in [-0.25, -0.2) is 0 Å². The smallest absolute Gasteiger partial charge is 0.303 e. The van der Waals surface area contributed by atoms with Crippen molar-refractivity contribution >= 4 is 17.6 Å². The summed E-state index contributed by atoms with van der Waals surface area (Å²) < 4.78 is 0. The minimum Gasteiger partial charge on any atom is -0.481 e. The van der Waals surface area contributed by atoms with Gasteiger partial charge in [0.2, 0.25) is 5.91 Å². The number of carbonyl (C=O) groups excluding carboxylic acids is 1. The molecule has 2 aromatic rings. The summed E-state index contributed by atoms with van der Waals surface area (Å²) in [6.45, 7) is 0. The molecule has 0 radical (unpaired) electrons. The number of hydrogen-bond donors (Lipinski definition) is 3. The van der Waals surface area contributed by atoms with E-state index in [2.05, 4.69) is 10.3 Å². The molecule has 0 aliphatic carbocycles. The van der Waals surface area contributed by atoms with Crippen molar-refractivity contribution in [3.05, 3.63) is 59.9 Å². The number of anilines is 1. The van der Waals surface area contributed by atoms with Gasteiger partial charge in [0.1, 0.15) is 0 Å². The Hall–Kier alpha value is -2.73. The molecule has 1 aromatic heterocycles. The highest BCUT2D eigenvalue weighted by Crippen LogP contribution is 2.11. The molecule has 0 saturated carbocycles. The van der Waals surface area contributed by atoms with E-state index in [1.165, 1.54) is 6.20 Å². The molecule has 0 saturated heterocycles. The fraction of sp³-hybridized carbons (Fsp3) is 0.235. The largest absolute Gasteiger partial charge is 0.481 e. The summed E-state index contributed by atoms with van der Waals surface area (Å²) >= 11 is 0. The third-order valence-corrected chi connectivity index (χ3v) is 3.33. The molecule has 120 valence electrons. The van der Waals surface area contributed by atoms with Crippen LogP contribution in [0.4, 0.5) is 5.69 Å². The Morgan fingerprint density at radius 3 is 2.61 bits per heavy atom. The zero-order valence-corrected chi connectivity index (χ0v) is 12.6. The summed E-state index contributed by atoms with van der Waals surface area (Å²) in [4.78, 5) is 26.7. The molecule has 1 amide bonds. The summed E-state index contributed by atoms with van der Waals surface area (Å²) in [6, 6.07) is 10.6. The van der Waals surface area contributed by atoms with E-state index in [-0.39, 0.29) is 12.3 Å². The first-order chi connectivity index (χ1) is 11.0. The van der Waals surface area contributed by atoms with Crippen LogP contribution in [-0.4, -0.2) is 28.0 Å². The fourth-order valence-corrected chi connectivity index (χ4v) is 2.14. The van der Waals surface area contributed by atoms with Gasteiger partial charge in [-0.3, -0.25) is 14.6 Å². The van der Waals surface area contributed by atoms with E-state index >= 15 is 0 Å². The van der Waals surface area contributed by atoms with Gasteiger partial charge in [0.25, 0.3) is 0 Å². The van der Waals surface area contributed by atoms with Crippen molar-refractivity contribution in [2.75, 3.05) is 5.32 Å². The van der Waals surface area contributed by atoms with E-state index in [1.54, 1.807) is 12.3 Å². The minimum atomic E-state index is -0.871. The van der Waals surface area contributed by atoms with Crippen molar-refractivity contribution < 1.29 is 14.7 Å². The van der Waals surface area contributed by atoms with Crippen LogP contribution in [0.15, 0.2) is 48.8 Å². The number of carboxylic acid groups (broad SMARTS) is 1. The number of benzene rings is 1. The summed E-state index contributed by atoms with van der Waals surface area (Å²) in [5.41, 5.74) is 8.18. The van der Waals surface area contributed by atoms with Crippen LogP contribution in [0, 0.1) is 0 Å². The highest BCUT2D eigenvalue weighted by atomic mass is 16.4. The van der Waals surface area contributed by atoms with Crippen LogP contribution in [0.3, 0.4) is 0 Å². The molecular weight excluding hydrogens is 294 g/mol. The van der Waals surface area contributed by atoms with Crippen LogP contribution in [0.25, 0.3) is 0 Å². The first-order valence-electron chi connectivity index (χ1n) is 7.30. The van der Waals surface area contributed by atoms with Gasteiger partial charge in [0, 0.05) is 12.6 Å². The Labute approximate surface area is 134 Å². The topological polar surface area (TPSA) is 105 Å². The van der Waals surface area contributed by atoms with Gasteiger partial charge in [0.15, 0.2) is 0 Å². The lowest BCUT2D eigenvalue weighted by atomic mass is 10.1. The zero-order chi connectivity index (χ0) is 16.7. The van der Waals surface area contributed by atoms with Gasteiger partial charge in [-0.15, -0.1) is 0 Å². The van der Waals surface area contributed by atoms with Crippen molar-refractivity contribution in [2.24, 2.45) is 5.73 Å². The molecule has 0 bridgehead atoms. The van der Waals surface area contributed by atoms with Crippen molar-refractivity contribution in [1.29, 1.82) is 0 Å². The summed E-state index contributed by atoms with van der Waals surface area (Å²) in [5, 5.41) is 11.4. The van der Waals surface area contributed by atoms with Crippen LogP contribution in [-0.2, 0) is 22.4 Å². The molecule has 0 aliphatic heterocycles. The van der Waals surface area contributed by atoms with Crippen LogP contribution in [0.2, 0.25) is 0 Å². The molecule has 6 heteroatoms. The molecular formula is C17H19N3O3. The molecule has 1 heterocycles. The maximum Gasteiger partial charge on any atom is 0.303 e. The minimum absolute atomic E-state index is 0.0204. The van der Waals surface area contributed by atoms with E-state index in [9.17, 15) is 9.59 Å². The number of nitrogens with two attached hydrogens (primary N) is 1. The van der Waals surface area contributed by atoms with Crippen molar-refractivity contribution in [3.8, 4) is 0 Å². The Morgan fingerprint density at radius 2 is 1.91 bits per heavy atom. The normalized spacial score (nSPS) is 11.7. The van der Waals surface area contributed by atoms with E-state index in [1.807, 2.05) is 30.3 Å². The maximum atomic E-state index is 12.1. The number of carboxylic acids is 1. The van der Waals surface area contributed by atoms with Gasteiger partial charge < -0.3 is 16.2 Å². The number of carbonyl (C=O) groups is 2. The van der Waals surface area contributed by atoms with Gasteiger partial charge in [-0.05, 0) is 30.0 Å². The number of aromatic nitrogens is 1. The maximum absolute atomic E-state index is 12.1. The summed E-state index contributed by atoms with van der Waals surface area (Å²) in [6.07, 6.45) is 3.92. The van der Waals surface area contributed by atoms with E-state index in [0.717, 1.165) is 11.1 Å². The average molecular weight is 313 g/mol. The molecule has 1 atom stereocenters. The lowest BCUT2D eigenvalue weighted by molar-refractivity contribution is -0.137. The summed E-state index contributed by atoms with van der Waals surface area (Å²) in [5.74, 6) is -1.17. The second-order valence-corrected chi connectivity index (χ2v) is 5.26. The average Bonchev–Trinajstić information content (AvgIpc) is 2.54. The van der Waals surface area contributed by atoms with Gasteiger partial charge in [-0.2, -0.15) is 0 Å². The molecule has 1 aromatic carbocycles. The Balaban J connectivity index is 1.94. The second kappa shape index (κ2) is 8.05. The molecule has 0 unspecified atom stereocenters.